The number of nitrogens with zero attached hydrogens (tertiary/aromatic N) is 2. The van der Waals surface area contributed by atoms with Crippen LogP contribution in [0.1, 0.15) is 22.7 Å². The van der Waals surface area contributed by atoms with Crippen LogP contribution in [0, 0.1) is 13.8 Å². The molecule has 0 saturated carbocycles. The van der Waals surface area contributed by atoms with E-state index in [1.165, 1.54) is 0 Å². The number of rotatable bonds is 5. The van der Waals surface area contributed by atoms with E-state index >= 15 is 0 Å². The molecule has 4 aromatic rings. The van der Waals surface area contributed by atoms with Gasteiger partial charge in [0.2, 0.25) is 5.76 Å². The molecule has 0 aliphatic rings. The van der Waals surface area contributed by atoms with E-state index in [0.717, 1.165) is 16.5 Å². The molecule has 0 radical (unpaired) electrons. The lowest BCUT2D eigenvalue weighted by molar-refractivity contribution is -0.144. The minimum Gasteiger partial charge on any atom is -0.459 e. The van der Waals surface area contributed by atoms with Gasteiger partial charge in [0.05, 0.1) is 12.1 Å². The van der Waals surface area contributed by atoms with Crippen LogP contribution in [0.25, 0.3) is 22.5 Å². The van der Waals surface area contributed by atoms with Crippen molar-refractivity contribution in [1.82, 2.24) is 10.3 Å². The van der Waals surface area contributed by atoms with Gasteiger partial charge in [0.15, 0.2) is 5.76 Å². The summed E-state index contributed by atoms with van der Waals surface area (Å²) in [7, 11) is 0. The highest BCUT2D eigenvalue weighted by molar-refractivity contribution is 5.81. The zero-order valence-corrected chi connectivity index (χ0v) is 14.3. The molecular weight excluding hydrogens is 336 g/mol. The maximum atomic E-state index is 12.0. The summed E-state index contributed by atoms with van der Waals surface area (Å²) in [5.74, 6) is 1.30. The van der Waals surface area contributed by atoms with Gasteiger partial charge in [-0.3, -0.25) is 4.79 Å². The zero-order valence-electron chi connectivity index (χ0n) is 14.3. The van der Waals surface area contributed by atoms with Crippen LogP contribution in [0.5, 0.6) is 0 Å². The van der Waals surface area contributed by atoms with Crippen LogP contribution in [-0.4, -0.2) is 16.3 Å². The Bertz CT molecular complexity index is 1020. The van der Waals surface area contributed by atoms with Crippen LogP contribution in [0.15, 0.2) is 49.9 Å². The van der Waals surface area contributed by atoms with E-state index in [2.05, 4.69) is 10.3 Å². The summed E-state index contributed by atoms with van der Waals surface area (Å²) in [5, 5.41) is 8.72. The molecule has 3 aromatic heterocycles. The number of esters is 1. The Morgan fingerprint density at radius 1 is 1.08 bits per heavy atom. The van der Waals surface area contributed by atoms with Gasteiger partial charge >= 0.3 is 5.97 Å². The maximum absolute atomic E-state index is 12.0. The molecule has 1 aromatic carbocycles. The summed E-state index contributed by atoms with van der Waals surface area (Å²) >= 11 is 0. The second-order valence-electron chi connectivity index (χ2n) is 5.97. The third kappa shape index (κ3) is 3.11. The molecule has 0 N–H and O–H groups in total. The van der Waals surface area contributed by atoms with E-state index in [0.29, 0.717) is 28.7 Å². The summed E-state index contributed by atoms with van der Waals surface area (Å²) in [6.45, 7) is 3.57. The Morgan fingerprint density at radius 3 is 2.69 bits per heavy atom. The molecular formula is C19H16N2O5. The number of carbonyl (C=O) groups excluding carboxylic acids is 1. The molecule has 0 saturated heterocycles. The standard InChI is InChI=1S/C19H16N2O5/c1-11-15(12(2)25-20-11)9-19(22)23-10-14-8-18(26-21-14)17-7-13-5-3-4-6-16(13)24-17/h3-8H,9-10H2,1-2H3. The quantitative estimate of drug-likeness (QED) is 0.502. The number of hydrogen-bond acceptors (Lipinski definition) is 7. The Hall–Kier alpha value is -3.35. The fourth-order valence-corrected chi connectivity index (χ4v) is 2.70. The highest BCUT2D eigenvalue weighted by atomic mass is 16.5. The van der Waals surface area contributed by atoms with E-state index in [9.17, 15) is 4.79 Å². The van der Waals surface area contributed by atoms with E-state index in [-0.39, 0.29) is 19.0 Å². The second kappa shape index (κ2) is 6.51. The molecule has 3 heterocycles. The van der Waals surface area contributed by atoms with Crippen molar-refractivity contribution in [2.75, 3.05) is 0 Å². The zero-order chi connectivity index (χ0) is 18.1. The average Bonchev–Trinajstić information content (AvgIpc) is 3.34. The summed E-state index contributed by atoms with van der Waals surface area (Å²) in [4.78, 5) is 12.0. The Labute approximate surface area is 148 Å². The van der Waals surface area contributed by atoms with Gasteiger partial charge in [-0.05, 0) is 26.0 Å². The van der Waals surface area contributed by atoms with Gasteiger partial charge in [-0.15, -0.1) is 0 Å². The van der Waals surface area contributed by atoms with Crippen LogP contribution in [-0.2, 0) is 22.6 Å². The summed E-state index contributed by atoms with van der Waals surface area (Å²) in [6.07, 6.45) is 0.107. The van der Waals surface area contributed by atoms with Crippen LogP contribution >= 0.6 is 0 Å². The van der Waals surface area contributed by atoms with Gasteiger partial charge in [-0.25, -0.2) is 0 Å². The topological polar surface area (TPSA) is 91.5 Å². The van der Waals surface area contributed by atoms with Crippen LogP contribution < -0.4 is 0 Å². The first-order valence-corrected chi connectivity index (χ1v) is 8.12. The van der Waals surface area contributed by atoms with Crippen molar-refractivity contribution < 1.29 is 23.0 Å². The number of aromatic nitrogens is 2. The van der Waals surface area contributed by atoms with Crippen LogP contribution in [0.3, 0.4) is 0 Å². The molecule has 0 atom stereocenters. The van der Waals surface area contributed by atoms with Crippen molar-refractivity contribution in [2.24, 2.45) is 0 Å². The van der Waals surface area contributed by atoms with Gasteiger partial charge in [0.25, 0.3) is 0 Å². The predicted octanol–water partition coefficient (Wildman–Crippen LogP) is 3.98. The number of para-hydroxylation sites is 1. The summed E-state index contributed by atoms with van der Waals surface area (Å²) < 4.78 is 21.3. The largest absolute Gasteiger partial charge is 0.459 e. The number of hydrogen-bond donors (Lipinski definition) is 0. The molecule has 0 bridgehead atoms. The lowest BCUT2D eigenvalue weighted by Crippen LogP contribution is -2.09. The number of benzene rings is 1. The molecule has 132 valence electrons. The fraction of sp³-hybridized carbons (Fsp3) is 0.211. The van der Waals surface area contributed by atoms with Crippen molar-refractivity contribution in [3.05, 3.63) is 59.1 Å². The first kappa shape index (κ1) is 16.1. The van der Waals surface area contributed by atoms with E-state index in [4.69, 9.17) is 18.2 Å². The van der Waals surface area contributed by atoms with Crippen molar-refractivity contribution >= 4 is 16.9 Å². The monoisotopic (exact) mass is 352 g/mol. The molecule has 0 aliphatic carbocycles. The number of carbonyl (C=O) groups is 1. The van der Waals surface area contributed by atoms with Gasteiger partial charge in [-0.1, -0.05) is 28.5 Å². The average molecular weight is 352 g/mol. The Morgan fingerprint density at radius 2 is 1.92 bits per heavy atom. The predicted molar refractivity (Wildman–Crippen MR) is 91.2 cm³/mol. The van der Waals surface area contributed by atoms with Crippen molar-refractivity contribution in [3.63, 3.8) is 0 Å². The Kier molecular flexibility index (Phi) is 4.04. The van der Waals surface area contributed by atoms with Crippen molar-refractivity contribution in [1.29, 1.82) is 0 Å². The lowest BCUT2D eigenvalue weighted by atomic mass is 10.1. The van der Waals surface area contributed by atoms with Crippen LogP contribution in [0.4, 0.5) is 0 Å². The number of ether oxygens (including phenoxy) is 1. The maximum Gasteiger partial charge on any atom is 0.310 e. The molecule has 4 rings (SSSR count). The molecule has 0 fully saturated rings. The summed E-state index contributed by atoms with van der Waals surface area (Å²) in [6, 6.07) is 11.2. The van der Waals surface area contributed by atoms with Crippen molar-refractivity contribution in [3.8, 4) is 11.5 Å². The van der Waals surface area contributed by atoms with Gasteiger partial charge < -0.3 is 18.2 Å². The number of furan rings is 1. The molecule has 0 amide bonds. The molecule has 7 heteroatoms. The molecule has 7 nitrogen and oxygen atoms in total. The second-order valence-corrected chi connectivity index (χ2v) is 5.97. The summed E-state index contributed by atoms with van der Waals surface area (Å²) in [5.41, 5.74) is 2.71. The van der Waals surface area contributed by atoms with E-state index in [1.807, 2.05) is 30.3 Å². The highest BCUT2D eigenvalue weighted by Gasteiger charge is 2.16. The third-order valence-corrected chi connectivity index (χ3v) is 4.11. The van der Waals surface area contributed by atoms with Gasteiger partial charge in [0.1, 0.15) is 23.6 Å². The number of aryl methyl sites for hydroxylation is 2. The highest BCUT2D eigenvalue weighted by Crippen LogP contribution is 2.28. The van der Waals surface area contributed by atoms with E-state index < -0.39 is 0 Å². The Balaban J connectivity index is 1.41. The van der Waals surface area contributed by atoms with Crippen molar-refractivity contribution in [2.45, 2.75) is 26.9 Å². The molecule has 0 aliphatic heterocycles. The first-order valence-electron chi connectivity index (χ1n) is 8.12. The molecule has 26 heavy (non-hydrogen) atoms. The first-order chi connectivity index (χ1) is 12.6. The fourth-order valence-electron chi connectivity index (χ4n) is 2.70. The minimum absolute atomic E-state index is 0.0198. The normalized spacial score (nSPS) is 11.2. The van der Waals surface area contributed by atoms with Gasteiger partial charge in [-0.2, -0.15) is 0 Å². The molecule has 0 spiro atoms. The molecule has 0 unspecified atom stereocenters. The third-order valence-electron chi connectivity index (χ3n) is 4.11. The number of fused-ring (bicyclic) bond motifs is 1. The lowest BCUT2D eigenvalue weighted by Gasteiger charge is -2.01. The smallest absolute Gasteiger partial charge is 0.310 e. The van der Waals surface area contributed by atoms with Gasteiger partial charge in [0, 0.05) is 17.0 Å². The SMILES string of the molecule is Cc1noc(C)c1CC(=O)OCc1cc(-c2cc3ccccc3o2)on1. The minimum atomic E-state index is -0.382. The van der Waals surface area contributed by atoms with Crippen LogP contribution in [0.2, 0.25) is 0 Å². The van der Waals surface area contributed by atoms with E-state index in [1.54, 1.807) is 19.9 Å².